The molecule has 1 amide bonds. The average Bonchev–Trinajstić information content (AvgIpc) is 2.92. The molecule has 1 aliphatic rings. The SMILES string of the molecule is Cc1c(Cl)cccc1NC(=O)c1sc2nc3c(cc2c1N)C(=O)CC(C)(C)C3. The first kappa shape index (κ1) is 18.9. The highest BCUT2D eigenvalue weighted by Crippen LogP contribution is 2.39. The predicted octanol–water partition coefficient (Wildman–Crippen LogP) is 5.25. The molecule has 1 aromatic carbocycles. The van der Waals surface area contributed by atoms with E-state index in [4.69, 9.17) is 17.3 Å². The maximum atomic E-state index is 12.8. The predicted molar refractivity (Wildman–Crippen MR) is 115 cm³/mol. The number of anilines is 2. The van der Waals surface area contributed by atoms with E-state index in [2.05, 4.69) is 24.1 Å². The summed E-state index contributed by atoms with van der Waals surface area (Å²) in [7, 11) is 0. The molecule has 3 aromatic rings. The van der Waals surface area contributed by atoms with Gasteiger partial charge in [0.2, 0.25) is 0 Å². The normalized spacial score (nSPS) is 15.5. The average molecular weight is 414 g/mol. The quantitative estimate of drug-likeness (QED) is 0.601. The summed E-state index contributed by atoms with van der Waals surface area (Å²) in [5.41, 5.74) is 9.34. The van der Waals surface area contributed by atoms with Crippen molar-refractivity contribution in [1.82, 2.24) is 4.98 Å². The van der Waals surface area contributed by atoms with E-state index < -0.39 is 0 Å². The van der Waals surface area contributed by atoms with E-state index in [9.17, 15) is 9.59 Å². The van der Waals surface area contributed by atoms with E-state index in [0.29, 0.717) is 43.5 Å². The third-order valence-corrected chi connectivity index (χ3v) is 6.63. The number of Topliss-reactive ketones (excluding diaryl/α,β-unsaturated/α-hetero) is 1. The summed E-state index contributed by atoms with van der Waals surface area (Å²) in [6, 6.07) is 7.14. The molecular formula is C21H20ClN3O2S. The molecule has 7 heteroatoms. The van der Waals surface area contributed by atoms with Crippen LogP contribution in [0.1, 0.15) is 51.6 Å². The maximum Gasteiger partial charge on any atom is 0.267 e. The fourth-order valence-corrected chi connectivity index (χ4v) is 4.76. The third kappa shape index (κ3) is 3.16. The Labute approximate surface area is 171 Å². The standard InChI is InChI=1S/C21H20ClN3O2S/c1-10-13(22)5-4-6-14(10)24-19(27)18-17(23)12-7-11-15(25-20(12)28-18)8-21(2,3)9-16(11)26/h4-7H,8-9,23H2,1-3H3,(H,24,27). The highest BCUT2D eigenvalue weighted by molar-refractivity contribution is 7.21. The lowest BCUT2D eigenvalue weighted by Crippen LogP contribution is -2.27. The summed E-state index contributed by atoms with van der Waals surface area (Å²) in [5.74, 6) is -0.234. The van der Waals surface area contributed by atoms with Gasteiger partial charge in [0.15, 0.2) is 5.78 Å². The van der Waals surface area contributed by atoms with Crippen molar-refractivity contribution < 1.29 is 9.59 Å². The van der Waals surface area contributed by atoms with Crippen LogP contribution in [-0.2, 0) is 6.42 Å². The van der Waals surface area contributed by atoms with Gasteiger partial charge in [-0.3, -0.25) is 9.59 Å². The number of nitrogens with two attached hydrogens (primary N) is 1. The van der Waals surface area contributed by atoms with Gasteiger partial charge in [-0.1, -0.05) is 31.5 Å². The van der Waals surface area contributed by atoms with Crippen LogP contribution >= 0.6 is 22.9 Å². The summed E-state index contributed by atoms with van der Waals surface area (Å²) in [6.07, 6.45) is 1.21. The fraction of sp³-hybridized carbons (Fsp3) is 0.286. The number of hydrogen-bond acceptors (Lipinski definition) is 5. The smallest absolute Gasteiger partial charge is 0.267 e. The summed E-state index contributed by atoms with van der Waals surface area (Å²) in [5, 5.41) is 4.11. The molecule has 28 heavy (non-hydrogen) atoms. The first-order valence-corrected chi connectivity index (χ1v) is 10.2. The summed E-state index contributed by atoms with van der Waals surface area (Å²) < 4.78 is 0. The molecule has 0 spiro atoms. The number of amides is 1. The van der Waals surface area contributed by atoms with E-state index >= 15 is 0 Å². The Morgan fingerprint density at radius 2 is 2.07 bits per heavy atom. The number of rotatable bonds is 2. The number of nitrogen functional groups attached to an aromatic ring is 1. The molecule has 0 atom stereocenters. The van der Waals surface area contributed by atoms with Crippen LogP contribution < -0.4 is 11.1 Å². The lowest BCUT2D eigenvalue weighted by Gasteiger charge is -2.29. The van der Waals surface area contributed by atoms with Crippen molar-refractivity contribution in [1.29, 1.82) is 0 Å². The monoisotopic (exact) mass is 413 g/mol. The zero-order chi connectivity index (χ0) is 20.2. The van der Waals surface area contributed by atoms with Gasteiger partial charge in [-0.05, 0) is 42.5 Å². The Morgan fingerprint density at radius 1 is 1.32 bits per heavy atom. The second kappa shape index (κ2) is 6.57. The number of halogens is 1. The van der Waals surface area contributed by atoms with E-state index in [1.807, 2.05) is 6.92 Å². The molecule has 2 aromatic heterocycles. The minimum Gasteiger partial charge on any atom is -0.397 e. The summed E-state index contributed by atoms with van der Waals surface area (Å²) in [4.78, 5) is 31.1. The Morgan fingerprint density at radius 3 is 2.82 bits per heavy atom. The van der Waals surface area contributed by atoms with Gasteiger partial charge in [0, 0.05) is 28.1 Å². The second-order valence-electron chi connectivity index (χ2n) is 7.99. The molecule has 2 heterocycles. The molecular weight excluding hydrogens is 394 g/mol. The molecule has 0 radical (unpaired) electrons. The zero-order valence-corrected chi connectivity index (χ0v) is 17.4. The van der Waals surface area contributed by atoms with Gasteiger partial charge in [-0.2, -0.15) is 0 Å². The molecule has 3 N–H and O–H groups in total. The maximum absolute atomic E-state index is 12.8. The summed E-state index contributed by atoms with van der Waals surface area (Å²) >= 11 is 7.38. The number of carbonyl (C=O) groups is 2. The number of ketones is 1. The first-order valence-electron chi connectivity index (χ1n) is 8.98. The van der Waals surface area contributed by atoms with Gasteiger partial charge >= 0.3 is 0 Å². The van der Waals surface area contributed by atoms with Gasteiger partial charge in [0.05, 0.1) is 11.4 Å². The largest absolute Gasteiger partial charge is 0.397 e. The molecule has 4 rings (SSSR count). The summed E-state index contributed by atoms with van der Waals surface area (Å²) in [6.45, 7) is 5.97. The van der Waals surface area contributed by atoms with Crippen LogP contribution in [0.15, 0.2) is 24.3 Å². The van der Waals surface area contributed by atoms with E-state index in [0.717, 1.165) is 17.7 Å². The van der Waals surface area contributed by atoms with Crippen LogP contribution in [0.25, 0.3) is 10.2 Å². The lowest BCUT2D eigenvalue weighted by atomic mass is 9.75. The number of nitrogens with one attached hydrogen (secondary N) is 1. The number of aromatic nitrogens is 1. The van der Waals surface area contributed by atoms with Crippen LogP contribution in [0.5, 0.6) is 0 Å². The third-order valence-electron chi connectivity index (χ3n) is 5.11. The van der Waals surface area contributed by atoms with Crippen molar-refractivity contribution >= 4 is 56.2 Å². The number of benzene rings is 1. The minimum absolute atomic E-state index is 0.0757. The number of fused-ring (bicyclic) bond motifs is 2. The molecule has 0 saturated heterocycles. The molecule has 0 bridgehead atoms. The van der Waals surface area contributed by atoms with Crippen molar-refractivity contribution in [3.8, 4) is 0 Å². The van der Waals surface area contributed by atoms with Gasteiger partial charge in [0.1, 0.15) is 9.71 Å². The molecule has 0 aliphatic heterocycles. The molecule has 0 fully saturated rings. The number of thiophene rings is 1. The number of hydrogen-bond donors (Lipinski definition) is 2. The van der Waals surface area contributed by atoms with Crippen molar-refractivity contribution in [3.05, 3.63) is 51.0 Å². The highest BCUT2D eigenvalue weighted by Gasteiger charge is 2.33. The highest BCUT2D eigenvalue weighted by atomic mass is 35.5. The molecule has 5 nitrogen and oxygen atoms in total. The Balaban J connectivity index is 1.75. The van der Waals surface area contributed by atoms with Crippen LogP contribution in [0.3, 0.4) is 0 Å². The van der Waals surface area contributed by atoms with Gasteiger partial charge in [0.25, 0.3) is 5.91 Å². The van der Waals surface area contributed by atoms with Crippen molar-refractivity contribution in [2.45, 2.75) is 33.6 Å². The number of pyridine rings is 1. The van der Waals surface area contributed by atoms with E-state index in [1.54, 1.807) is 24.3 Å². The lowest BCUT2D eigenvalue weighted by molar-refractivity contribution is 0.0910. The van der Waals surface area contributed by atoms with Gasteiger partial charge < -0.3 is 11.1 Å². The first-order chi connectivity index (χ1) is 13.2. The van der Waals surface area contributed by atoms with Crippen molar-refractivity contribution in [3.63, 3.8) is 0 Å². The second-order valence-corrected chi connectivity index (χ2v) is 9.39. The van der Waals surface area contributed by atoms with Crippen molar-refractivity contribution in [2.75, 3.05) is 11.1 Å². The molecule has 0 saturated carbocycles. The number of carbonyl (C=O) groups excluding carboxylic acids is 2. The zero-order valence-electron chi connectivity index (χ0n) is 15.9. The Kier molecular flexibility index (Phi) is 4.43. The Bertz CT molecular complexity index is 1150. The topological polar surface area (TPSA) is 85.1 Å². The molecule has 1 aliphatic carbocycles. The van der Waals surface area contributed by atoms with Crippen LogP contribution in [-0.4, -0.2) is 16.7 Å². The molecule has 144 valence electrons. The van der Waals surface area contributed by atoms with E-state index in [-0.39, 0.29) is 17.1 Å². The van der Waals surface area contributed by atoms with Crippen LogP contribution in [0, 0.1) is 12.3 Å². The number of nitrogens with zero attached hydrogens (tertiary/aromatic N) is 1. The van der Waals surface area contributed by atoms with Gasteiger partial charge in [-0.15, -0.1) is 11.3 Å². The minimum atomic E-state index is -0.310. The Hall–Kier alpha value is -2.44. The molecule has 0 unspecified atom stereocenters. The fourth-order valence-electron chi connectivity index (χ4n) is 3.59. The van der Waals surface area contributed by atoms with Crippen LogP contribution in [0.4, 0.5) is 11.4 Å². The van der Waals surface area contributed by atoms with E-state index in [1.165, 1.54) is 11.3 Å². The van der Waals surface area contributed by atoms with Crippen LogP contribution in [0.2, 0.25) is 5.02 Å². The van der Waals surface area contributed by atoms with Gasteiger partial charge in [-0.25, -0.2) is 4.98 Å². The van der Waals surface area contributed by atoms with Crippen molar-refractivity contribution in [2.24, 2.45) is 5.41 Å².